The Kier molecular flexibility index (Phi) is 78.6. The molecule has 0 aromatic rings. The average Bonchev–Trinajstić information content (AvgIpc) is 1.36. The molecule has 0 N–H and O–H groups in total. The third-order valence-electron chi connectivity index (χ3n) is 0. The van der Waals surface area contributed by atoms with E-state index in [4.69, 9.17) is 0 Å². The summed E-state index contributed by atoms with van der Waals surface area (Å²) in [7, 11) is 0. The minimum atomic E-state index is 0. The van der Waals surface area contributed by atoms with Crippen LogP contribution in [0.25, 0.3) is 0 Å². The molecule has 4 heteroatoms. The second-order valence-corrected chi connectivity index (χ2v) is 2.56. The van der Waals surface area contributed by atoms with E-state index in [-0.39, 0.29) is 136 Å². The van der Waals surface area contributed by atoms with Gasteiger partial charge in [-0.1, -0.05) is 20.8 Å². The van der Waals surface area contributed by atoms with Gasteiger partial charge in [0.15, 0.2) is 0 Å². The fraction of sp³-hybridized carbons (Fsp3) is 0.714. The van der Waals surface area contributed by atoms with Crippen LogP contribution in [0.3, 0.4) is 0 Å². The monoisotopic (exact) mass is 456 g/mol. The summed E-state index contributed by atoms with van der Waals surface area (Å²) < 4.78 is 0. The van der Waals surface area contributed by atoms with Crippen LogP contribution in [0.2, 0.25) is 0 Å². The second-order valence-electron chi connectivity index (χ2n) is 2.56. The molecule has 4 radical (unpaired) electrons. The maximum absolute atomic E-state index is 3.77. The van der Waals surface area contributed by atoms with Crippen molar-refractivity contribution < 1.29 is 131 Å². The predicted octanol–water partition coefficient (Wildman–Crippen LogP) is 2.70. The minimum absolute atomic E-state index is 0. The smallest absolute Gasteiger partial charge is 0 e. The van der Waals surface area contributed by atoms with E-state index in [0.717, 1.165) is 0 Å². The van der Waals surface area contributed by atoms with Crippen molar-refractivity contribution in [2.75, 3.05) is 0 Å². The fourth-order valence-electron chi connectivity index (χ4n) is 0. The van der Waals surface area contributed by atoms with Crippen molar-refractivity contribution in [2.24, 2.45) is 5.41 Å². The van der Waals surface area contributed by atoms with Gasteiger partial charge in [0.2, 0.25) is 0 Å². The Morgan fingerprint density at radius 1 is 0.727 bits per heavy atom. The topological polar surface area (TPSA) is 0 Å². The van der Waals surface area contributed by atoms with Gasteiger partial charge in [0, 0.05) is 131 Å². The molecule has 0 aliphatic carbocycles. The van der Waals surface area contributed by atoms with Crippen LogP contribution in [-0.2, 0) is 131 Å². The van der Waals surface area contributed by atoms with Gasteiger partial charge < -0.3 is 13.8 Å². The maximum atomic E-state index is 3.77. The van der Waals surface area contributed by atoms with Crippen LogP contribution in [0.1, 0.15) is 27.7 Å². The van der Waals surface area contributed by atoms with E-state index in [9.17, 15) is 0 Å². The van der Waals surface area contributed by atoms with E-state index in [0.29, 0.717) is 0 Å². The Morgan fingerprint density at radius 2 is 0.727 bits per heavy atom. The van der Waals surface area contributed by atoms with Crippen LogP contribution in [0.15, 0.2) is 0 Å². The van der Waals surface area contributed by atoms with Gasteiger partial charge in [-0.05, 0) is 0 Å². The summed E-state index contributed by atoms with van der Waals surface area (Å²) in [5.41, 5.74) is 0.250. The third kappa shape index (κ3) is 114. The van der Waals surface area contributed by atoms with Crippen molar-refractivity contribution >= 4 is 0 Å². The Labute approximate surface area is 173 Å². The van der Waals surface area contributed by atoms with E-state index < -0.39 is 0 Å². The summed E-state index contributed by atoms with van der Waals surface area (Å²) >= 11 is 0. The molecule has 0 amide bonds. The van der Waals surface area contributed by atoms with E-state index in [1.54, 1.807) is 6.92 Å². The van der Waals surface area contributed by atoms with Gasteiger partial charge in [-0.25, -0.2) is 0 Å². The van der Waals surface area contributed by atoms with Crippen molar-refractivity contribution in [3.05, 3.63) is 13.8 Å². The van der Waals surface area contributed by atoms with Crippen LogP contribution in [0.4, 0.5) is 0 Å². The summed E-state index contributed by atoms with van der Waals surface area (Å²) in [4.78, 5) is 0. The van der Waals surface area contributed by atoms with Crippen LogP contribution in [0, 0.1) is 19.3 Å². The summed E-state index contributed by atoms with van der Waals surface area (Å²) in [6.45, 7) is 15.0. The van der Waals surface area contributed by atoms with Gasteiger partial charge in [-0.2, -0.15) is 12.3 Å². The third-order valence-corrected chi connectivity index (χ3v) is 0. The molecule has 0 nitrogen and oxygen atoms in total. The zero-order valence-corrected chi connectivity index (χ0v) is 19.6. The number of hydrogen-bond acceptors (Lipinski definition) is 0. The molecule has 0 aromatic heterocycles. The quantitative estimate of drug-likeness (QED) is 0.493. The molecule has 0 fully saturated rings. The van der Waals surface area contributed by atoms with Crippen molar-refractivity contribution in [3.8, 4) is 0 Å². The molecule has 0 saturated carbocycles. The van der Waals surface area contributed by atoms with Gasteiger partial charge in [0.05, 0.1) is 0 Å². The SMILES string of the molecule is [CH2-]C.[CH2-]C(C)(C)C.[Y].[Y].[Y].[Y]. The van der Waals surface area contributed by atoms with Gasteiger partial charge in [-0.3, -0.25) is 0 Å². The van der Waals surface area contributed by atoms with Crippen molar-refractivity contribution in [1.82, 2.24) is 0 Å². The Bertz CT molecular complexity index is 25.9. The summed E-state index contributed by atoms with van der Waals surface area (Å²) in [6, 6.07) is 0. The standard InChI is InChI=1S/C5H11.C2H5.4Y/c1-5(2,3)4;1-2;;;;/h1H2,2-4H3;1H2,2H3;;;;/q2*-1;;;;. The first-order chi connectivity index (χ1) is 3.00. The molecular formula is C7H16Y4-2. The van der Waals surface area contributed by atoms with Crippen LogP contribution in [-0.4, -0.2) is 0 Å². The van der Waals surface area contributed by atoms with Crippen LogP contribution < -0.4 is 0 Å². The fourth-order valence-corrected chi connectivity index (χ4v) is 0. The van der Waals surface area contributed by atoms with Gasteiger partial charge in [0.25, 0.3) is 0 Å². The Hall–Kier alpha value is 4.42. The second kappa shape index (κ2) is 23.9. The Morgan fingerprint density at radius 3 is 0.727 bits per heavy atom. The summed E-state index contributed by atoms with van der Waals surface area (Å²) in [5, 5.41) is 0. The summed E-state index contributed by atoms with van der Waals surface area (Å²) in [6.07, 6.45) is 0. The molecule has 0 spiro atoms. The molecule has 0 aromatic carbocycles. The van der Waals surface area contributed by atoms with E-state index in [1.807, 2.05) is 0 Å². The zero-order chi connectivity index (χ0) is 6.50. The molecule has 0 atom stereocenters. The molecule has 0 heterocycles. The number of hydrogen-bond donors (Lipinski definition) is 0. The van der Waals surface area contributed by atoms with Crippen molar-refractivity contribution in [2.45, 2.75) is 27.7 Å². The first-order valence-electron chi connectivity index (χ1n) is 2.56. The van der Waals surface area contributed by atoms with Crippen molar-refractivity contribution in [3.63, 3.8) is 0 Å². The van der Waals surface area contributed by atoms with Gasteiger partial charge in [-0.15, -0.1) is 0 Å². The molecule has 11 heavy (non-hydrogen) atoms. The maximum Gasteiger partial charge on any atom is 0 e. The van der Waals surface area contributed by atoms with E-state index in [1.165, 1.54) is 0 Å². The van der Waals surface area contributed by atoms with E-state index in [2.05, 4.69) is 34.6 Å². The molecule has 58 valence electrons. The molecular weight excluding hydrogens is 440 g/mol. The molecule has 0 rings (SSSR count). The first-order valence-corrected chi connectivity index (χ1v) is 2.56. The van der Waals surface area contributed by atoms with Gasteiger partial charge in [0.1, 0.15) is 0 Å². The molecule has 0 aliphatic heterocycles. The molecule has 0 aliphatic rings. The first kappa shape index (κ1) is 36.1. The average molecular weight is 456 g/mol. The van der Waals surface area contributed by atoms with E-state index >= 15 is 0 Å². The number of rotatable bonds is 0. The normalized spacial score (nSPS) is 6.00. The molecule has 0 unspecified atom stereocenters. The van der Waals surface area contributed by atoms with Crippen molar-refractivity contribution in [1.29, 1.82) is 0 Å². The van der Waals surface area contributed by atoms with Gasteiger partial charge >= 0.3 is 0 Å². The zero-order valence-electron chi connectivity index (χ0n) is 8.22. The van der Waals surface area contributed by atoms with Crippen LogP contribution >= 0.6 is 0 Å². The molecule has 0 saturated heterocycles. The summed E-state index contributed by atoms with van der Waals surface area (Å²) in [5.74, 6) is 0. The Balaban J connectivity index is -0.00000000972. The van der Waals surface area contributed by atoms with Crippen LogP contribution in [0.5, 0.6) is 0 Å². The molecule has 0 bridgehead atoms. The minimum Gasteiger partial charge on any atom is -0.346 e. The predicted molar refractivity (Wildman–Crippen MR) is 35.8 cm³/mol. The largest absolute Gasteiger partial charge is 0.346 e.